The van der Waals surface area contributed by atoms with Gasteiger partial charge in [-0.1, -0.05) is 11.6 Å². The van der Waals surface area contributed by atoms with Crippen molar-refractivity contribution in [1.29, 1.82) is 0 Å². The molecule has 1 heterocycles. The third-order valence-corrected chi connectivity index (χ3v) is 2.28. The first-order valence-corrected chi connectivity index (χ1v) is 4.72. The third kappa shape index (κ3) is 1.80. The number of nitrogens with two attached hydrogens (primary N) is 1. The summed E-state index contributed by atoms with van der Waals surface area (Å²) >= 11 is 5.87. The smallest absolute Gasteiger partial charge is 0.192 e. The van der Waals surface area contributed by atoms with Crippen molar-refractivity contribution < 1.29 is 4.39 Å². The largest absolute Gasteiger partial charge is 0.380 e. The van der Waals surface area contributed by atoms with E-state index in [4.69, 9.17) is 17.3 Å². The standard InChI is InChI=1S/C10H9ClFN3/c1-5-2-6(4-7(11)3-5)9-8(12)10(13)15-14-9/h2-4H,1H3,(H3,13,14,15). The van der Waals surface area contributed by atoms with Gasteiger partial charge in [-0.2, -0.15) is 5.10 Å². The molecular weight excluding hydrogens is 217 g/mol. The maximum absolute atomic E-state index is 13.4. The van der Waals surface area contributed by atoms with E-state index in [9.17, 15) is 4.39 Å². The number of nitrogens with one attached hydrogen (secondary N) is 1. The number of hydrogen-bond acceptors (Lipinski definition) is 2. The van der Waals surface area contributed by atoms with E-state index in [2.05, 4.69) is 10.2 Å². The quantitative estimate of drug-likeness (QED) is 0.784. The molecule has 1 aromatic carbocycles. The Labute approximate surface area is 91.1 Å². The molecule has 2 aromatic rings. The number of nitrogens with zero attached hydrogens (tertiary/aromatic N) is 1. The fraction of sp³-hybridized carbons (Fsp3) is 0.100. The minimum atomic E-state index is -0.545. The minimum Gasteiger partial charge on any atom is -0.380 e. The van der Waals surface area contributed by atoms with Gasteiger partial charge in [0, 0.05) is 10.6 Å². The molecule has 0 saturated carbocycles. The molecule has 3 nitrogen and oxygen atoms in total. The zero-order valence-electron chi connectivity index (χ0n) is 8.01. The second-order valence-corrected chi connectivity index (χ2v) is 3.75. The number of aromatic amines is 1. The molecule has 0 unspecified atom stereocenters. The summed E-state index contributed by atoms with van der Waals surface area (Å²) in [5, 5.41) is 6.68. The Balaban J connectivity index is 2.58. The van der Waals surface area contributed by atoms with E-state index >= 15 is 0 Å². The molecule has 78 valence electrons. The Morgan fingerprint density at radius 1 is 1.40 bits per heavy atom. The average molecular weight is 226 g/mol. The van der Waals surface area contributed by atoms with Crippen LogP contribution in [0.5, 0.6) is 0 Å². The molecular formula is C10H9ClFN3. The van der Waals surface area contributed by atoms with Gasteiger partial charge in [0.15, 0.2) is 11.6 Å². The summed E-state index contributed by atoms with van der Waals surface area (Å²) in [6.45, 7) is 1.88. The Morgan fingerprint density at radius 2 is 2.13 bits per heavy atom. The van der Waals surface area contributed by atoms with Crippen LogP contribution in [0.25, 0.3) is 11.3 Å². The Kier molecular flexibility index (Phi) is 2.36. The zero-order chi connectivity index (χ0) is 11.0. The van der Waals surface area contributed by atoms with Gasteiger partial charge in [-0.05, 0) is 30.7 Å². The number of hydrogen-bond donors (Lipinski definition) is 2. The first kappa shape index (κ1) is 9.98. The predicted octanol–water partition coefficient (Wildman–Crippen LogP) is 2.76. The van der Waals surface area contributed by atoms with Crippen LogP contribution in [0.1, 0.15) is 5.56 Å². The normalized spacial score (nSPS) is 10.6. The van der Waals surface area contributed by atoms with E-state index in [0.29, 0.717) is 10.6 Å². The van der Waals surface area contributed by atoms with E-state index in [1.165, 1.54) is 0 Å². The van der Waals surface area contributed by atoms with E-state index in [1.807, 2.05) is 13.0 Å². The summed E-state index contributed by atoms with van der Waals surface area (Å²) in [5.74, 6) is -0.681. The van der Waals surface area contributed by atoms with Crippen molar-refractivity contribution in [1.82, 2.24) is 10.2 Å². The summed E-state index contributed by atoms with van der Waals surface area (Å²) < 4.78 is 13.4. The zero-order valence-corrected chi connectivity index (χ0v) is 8.77. The number of benzene rings is 1. The van der Waals surface area contributed by atoms with Gasteiger partial charge in [0.1, 0.15) is 5.69 Å². The van der Waals surface area contributed by atoms with Gasteiger partial charge in [0.05, 0.1) is 0 Å². The molecule has 0 aliphatic carbocycles. The molecule has 0 radical (unpaired) electrons. The molecule has 3 N–H and O–H groups in total. The Bertz CT molecular complexity index is 487. The summed E-state index contributed by atoms with van der Waals surface area (Å²) in [6, 6.07) is 5.26. The van der Waals surface area contributed by atoms with Gasteiger partial charge in [-0.15, -0.1) is 0 Å². The van der Waals surface area contributed by atoms with Crippen LogP contribution >= 0.6 is 11.6 Å². The number of halogens is 2. The molecule has 0 spiro atoms. The molecule has 2 rings (SSSR count). The molecule has 0 amide bonds. The SMILES string of the molecule is Cc1cc(Cl)cc(-c2[nH]nc(N)c2F)c1. The molecule has 1 aromatic heterocycles. The highest BCUT2D eigenvalue weighted by Crippen LogP contribution is 2.26. The highest BCUT2D eigenvalue weighted by Gasteiger charge is 2.12. The van der Waals surface area contributed by atoms with Crippen LogP contribution < -0.4 is 5.73 Å². The van der Waals surface area contributed by atoms with Crippen LogP contribution in [-0.2, 0) is 0 Å². The number of anilines is 1. The van der Waals surface area contributed by atoms with Crippen molar-refractivity contribution >= 4 is 17.4 Å². The van der Waals surface area contributed by atoms with Crippen LogP contribution in [0.4, 0.5) is 10.2 Å². The van der Waals surface area contributed by atoms with Gasteiger partial charge in [0.25, 0.3) is 0 Å². The van der Waals surface area contributed by atoms with E-state index in [0.717, 1.165) is 5.56 Å². The highest BCUT2D eigenvalue weighted by molar-refractivity contribution is 6.30. The lowest BCUT2D eigenvalue weighted by Gasteiger charge is -2.01. The number of rotatable bonds is 1. The predicted molar refractivity (Wildman–Crippen MR) is 58.1 cm³/mol. The second-order valence-electron chi connectivity index (χ2n) is 3.32. The van der Waals surface area contributed by atoms with Crippen molar-refractivity contribution in [3.8, 4) is 11.3 Å². The van der Waals surface area contributed by atoms with Crippen molar-refractivity contribution in [3.05, 3.63) is 34.6 Å². The summed E-state index contributed by atoms with van der Waals surface area (Å²) in [5.41, 5.74) is 7.16. The first-order valence-electron chi connectivity index (χ1n) is 4.35. The summed E-state index contributed by atoms with van der Waals surface area (Å²) in [4.78, 5) is 0. The molecule has 0 fully saturated rings. The minimum absolute atomic E-state index is 0.136. The van der Waals surface area contributed by atoms with Gasteiger partial charge in [0.2, 0.25) is 0 Å². The van der Waals surface area contributed by atoms with E-state index in [1.54, 1.807) is 12.1 Å². The van der Waals surface area contributed by atoms with Crippen LogP contribution in [-0.4, -0.2) is 10.2 Å². The fourth-order valence-corrected chi connectivity index (χ4v) is 1.70. The van der Waals surface area contributed by atoms with Crippen LogP contribution in [0.15, 0.2) is 18.2 Å². The third-order valence-electron chi connectivity index (χ3n) is 2.06. The number of aromatic nitrogens is 2. The lowest BCUT2D eigenvalue weighted by atomic mass is 10.1. The average Bonchev–Trinajstić information content (AvgIpc) is 2.46. The van der Waals surface area contributed by atoms with Crippen molar-refractivity contribution in [2.75, 3.05) is 5.73 Å². The number of aryl methyl sites for hydroxylation is 1. The maximum atomic E-state index is 13.4. The Morgan fingerprint density at radius 3 is 2.67 bits per heavy atom. The van der Waals surface area contributed by atoms with Crippen molar-refractivity contribution in [3.63, 3.8) is 0 Å². The first-order chi connectivity index (χ1) is 7.08. The van der Waals surface area contributed by atoms with Gasteiger partial charge >= 0.3 is 0 Å². The van der Waals surface area contributed by atoms with Gasteiger partial charge < -0.3 is 5.73 Å². The topological polar surface area (TPSA) is 54.7 Å². The number of nitrogen functional groups attached to an aromatic ring is 1. The van der Waals surface area contributed by atoms with Crippen LogP contribution in [0, 0.1) is 12.7 Å². The molecule has 0 atom stereocenters. The molecule has 15 heavy (non-hydrogen) atoms. The highest BCUT2D eigenvalue weighted by atomic mass is 35.5. The van der Waals surface area contributed by atoms with Crippen LogP contribution in [0.3, 0.4) is 0 Å². The molecule has 5 heteroatoms. The lowest BCUT2D eigenvalue weighted by Crippen LogP contribution is -1.87. The summed E-state index contributed by atoms with van der Waals surface area (Å²) in [6.07, 6.45) is 0. The summed E-state index contributed by atoms with van der Waals surface area (Å²) in [7, 11) is 0. The van der Waals surface area contributed by atoms with Gasteiger partial charge in [-0.3, -0.25) is 5.10 Å². The maximum Gasteiger partial charge on any atom is 0.192 e. The van der Waals surface area contributed by atoms with Crippen molar-refractivity contribution in [2.45, 2.75) is 6.92 Å². The lowest BCUT2D eigenvalue weighted by molar-refractivity contribution is 0.636. The second kappa shape index (κ2) is 3.55. The van der Waals surface area contributed by atoms with Gasteiger partial charge in [-0.25, -0.2) is 4.39 Å². The fourth-order valence-electron chi connectivity index (χ4n) is 1.41. The molecule has 0 bridgehead atoms. The van der Waals surface area contributed by atoms with E-state index in [-0.39, 0.29) is 11.5 Å². The van der Waals surface area contributed by atoms with E-state index < -0.39 is 5.82 Å². The molecule has 0 aliphatic heterocycles. The van der Waals surface area contributed by atoms with Crippen molar-refractivity contribution in [2.24, 2.45) is 0 Å². The Hall–Kier alpha value is -1.55. The molecule has 0 aliphatic rings. The monoisotopic (exact) mass is 225 g/mol. The molecule has 0 saturated heterocycles. The number of H-pyrrole nitrogens is 1. The van der Waals surface area contributed by atoms with Crippen LogP contribution in [0.2, 0.25) is 5.02 Å².